The van der Waals surface area contributed by atoms with Gasteiger partial charge >= 0.3 is 0 Å². The van der Waals surface area contributed by atoms with Crippen LogP contribution in [0.15, 0.2) is 29.4 Å². The monoisotopic (exact) mass is 456 g/mol. The lowest BCUT2D eigenvalue weighted by Gasteiger charge is -2.38. The molecular formula is C19H26FIN4. The Morgan fingerprint density at radius 3 is 2.88 bits per heavy atom. The molecule has 4 nitrogen and oxygen atoms in total. The van der Waals surface area contributed by atoms with Crippen molar-refractivity contribution in [3.63, 3.8) is 0 Å². The molecule has 1 aliphatic carbocycles. The summed E-state index contributed by atoms with van der Waals surface area (Å²) in [4.78, 5) is 10.1. The van der Waals surface area contributed by atoms with Crippen molar-refractivity contribution in [2.24, 2.45) is 10.4 Å². The number of aromatic amines is 1. The Labute approximate surface area is 165 Å². The summed E-state index contributed by atoms with van der Waals surface area (Å²) in [6.45, 7) is 3.06. The van der Waals surface area contributed by atoms with Crippen LogP contribution in [0.5, 0.6) is 0 Å². The Bertz CT molecular complexity index is 766. The van der Waals surface area contributed by atoms with Crippen LogP contribution >= 0.6 is 24.0 Å². The molecule has 0 bridgehead atoms. The van der Waals surface area contributed by atoms with Gasteiger partial charge in [0.15, 0.2) is 5.96 Å². The van der Waals surface area contributed by atoms with Crippen molar-refractivity contribution >= 4 is 40.8 Å². The first-order chi connectivity index (χ1) is 11.7. The van der Waals surface area contributed by atoms with E-state index < -0.39 is 0 Å². The van der Waals surface area contributed by atoms with Crippen molar-refractivity contribution in [2.75, 3.05) is 26.7 Å². The van der Waals surface area contributed by atoms with Crippen molar-refractivity contribution in [1.82, 2.24) is 15.2 Å². The van der Waals surface area contributed by atoms with E-state index >= 15 is 0 Å². The average molecular weight is 456 g/mol. The van der Waals surface area contributed by atoms with Gasteiger partial charge in [-0.05, 0) is 54.9 Å². The molecule has 2 aromatic rings. The maximum atomic E-state index is 13.5. The van der Waals surface area contributed by atoms with E-state index in [1.54, 1.807) is 12.1 Å². The molecule has 136 valence electrons. The first kappa shape index (κ1) is 18.5. The van der Waals surface area contributed by atoms with Gasteiger partial charge in [0, 0.05) is 43.8 Å². The number of nitrogens with one attached hydrogen (secondary N) is 2. The number of rotatable bonds is 3. The molecule has 6 heteroatoms. The molecule has 2 fully saturated rings. The number of benzene rings is 1. The zero-order valence-electron chi connectivity index (χ0n) is 14.6. The van der Waals surface area contributed by atoms with Gasteiger partial charge in [-0.25, -0.2) is 4.39 Å². The Morgan fingerprint density at radius 2 is 2.20 bits per heavy atom. The number of aliphatic imine (C=N–C) groups is 1. The van der Waals surface area contributed by atoms with E-state index in [4.69, 9.17) is 0 Å². The predicted octanol–water partition coefficient (Wildman–Crippen LogP) is 3.92. The lowest BCUT2D eigenvalue weighted by molar-refractivity contribution is 0.151. The summed E-state index contributed by atoms with van der Waals surface area (Å²) in [5.74, 6) is 0.819. The standard InChI is InChI=1S/C19H25FN4.HI/c1-21-18(24-10-8-19(13-24)6-2-7-19)22-9-5-14-12-23-17-4-3-15(20)11-16(14)17;/h3-4,11-12,23H,2,5-10,13H2,1H3,(H,21,22);1H. The molecule has 1 spiro atoms. The quantitative estimate of drug-likeness (QED) is 0.418. The van der Waals surface area contributed by atoms with Gasteiger partial charge in [0.05, 0.1) is 0 Å². The number of likely N-dealkylation sites (tertiary alicyclic amines) is 1. The molecule has 2 N–H and O–H groups in total. The van der Waals surface area contributed by atoms with E-state index in [2.05, 4.69) is 20.2 Å². The van der Waals surface area contributed by atoms with Gasteiger partial charge in [0.2, 0.25) is 0 Å². The number of fused-ring (bicyclic) bond motifs is 1. The Hall–Kier alpha value is -1.31. The van der Waals surface area contributed by atoms with Crippen molar-refractivity contribution < 1.29 is 4.39 Å². The van der Waals surface area contributed by atoms with Crippen LogP contribution in [0.3, 0.4) is 0 Å². The summed E-state index contributed by atoms with van der Waals surface area (Å²) in [5, 5.41) is 4.46. The van der Waals surface area contributed by atoms with Crippen molar-refractivity contribution in [1.29, 1.82) is 0 Å². The van der Waals surface area contributed by atoms with Gasteiger partial charge in [-0.1, -0.05) is 6.42 Å². The number of hydrogen-bond donors (Lipinski definition) is 2. The zero-order valence-corrected chi connectivity index (χ0v) is 17.0. The highest BCUT2D eigenvalue weighted by Gasteiger charge is 2.43. The molecule has 0 amide bonds. The number of hydrogen-bond acceptors (Lipinski definition) is 1. The van der Waals surface area contributed by atoms with Gasteiger partial charge in [-0.3, -0.25) is 4.99 Å². The minimum absolute atomic E-state index is 0. The molecule has 2 heterocycles. The summed E-state index contributed by atoms with van der Waals surface area (Å²) < 4.78 is 13.5. The molecule has 2 aliphatic rings. The third kappa shape index (κ3) is 3.64. The SMILES string of the molecule is CN=C(NCCc1c[nH]c2ccc(F)cc12)N1CCC2(CCC2)C1.I. The maximum absolute atomic E-state index is 13.5. The highest BCUT2D eigenvalue weighted by Crippen LogP contribution is 2.47. The van der Waals surface area contributed by atoms with E-state index in [0.717, 1.165) is 48.5 Å². The summed E-state index contributed by atoms with van der Waals surface area (Å²) >= 11 is 0. The fourth-order valence-corrected chi connectivity index (χ4v) is 4.20. The van der Waals surface area contributed by atoms with E-state index in [0.29, 0.717) is 5.41 Å². The molecule has 1 aromatic carbocycles. The first-order valence-electron chi connectivity index (χ1n) is 8.90. The summed E-state index contributed by atoms with van der Waals surface area (Å²) in [6, 6.07) is 4.89. The Kier molecular flexibility index (Phi) is 5.55. The van der Waals surface area contributed by atoms with Crippen LogP contribution in [-0.2, 0) is 6.42 Å². The van der Waals surface area contributed by atoms with Crippen LogP contribution in [0.1, 0.15) is 31.2 Å². The lowest BCUT2D eigenvalue weighted by atomic mass is 9.68. The highest BCUT2D eigenvalue weighted by molar-refractivity contribution is 14.0. The molecule has 4 rings (SSSR count). The van der Waals surface area contributed by atoms with Gasteiger partial charge < -0.3 is 15.2 Å². The second kappa shape index (κ2) is 7.51. The van der Waals surface area contributed by atoms with Crippen molar-refractivity contribution in [3.8, 4) is 0 Å². The minimum atomic E-state index is -0.185. The Morgan fingerprint density at radius 1 is 1.36 bits per heavy atom. The van der Waals surface area contributed by atoms with Crippen LogP contribution in [-0.4, -0.2) is 42.5 Å². The lowest BCUT2D eigenvalue weighted by Crippen LogP contribution is -2.43. The molecule has 0 radical (unpaired) electrons. The van der Waals surface area contributed by atoms with Crippen LogP contribution < -0.4 is 5.32 Å². The number of guanidine groups is 1. The third-order valence-corrected chi connectivity index (χ3v) is 5.77. The average Bonchev–Trinajstić information content (AvgIpc) is 3.16. The molecule has 0 atom stereocenters. The summed E-state index contributed by atoms with van der Waals surface area (Å²) in [6.07, 6.45) is 8.27. The van der Waals surface area contributed by atoms with E-state index in [9.17, 15) is 4.39 Å². The molecular weight excluding hydrogens is 430 g/mol. The second-order valence-electron chi connectivity index (χ2n) is 7.25. The predicted molar refractivity (Wildman–Crippen MR) is 111 cm³/mol. The minimum Gasteiger partial charge on any atom is -0.361 e. The smallest absolute Gasteiger partial charge is 0.193 e. The first-order valence-corrected chi connectivity index (χ1v) is 8.90. The van der Waals surface area contributed by atoms with Crippen molar-refractivity contribution in [3.05, 3.63) is 35.8 Å². The van der Waals surface area contributed by atoms with Crippen LogP contribution in [0, 0.1) is 11.2 Å². The second-order valence-corrected chi connectivity index (χ2v) is 7.25. The molecule has 1 saturated heterocycles. The van der Waals surface area contributed by atoms with Gasteiger partial charge in [0.1, 0.15) is 5.82 Å². The molecule has 1 saturated carbocycles. The summed E-state index contributed by atoms with van der Waals surface area (Å²) in [5.41, 5.74) is 2.71. The fourth-order valence-electron chi connectivity index (χ4n) is 4.20. The molecule has 1 aliphatic heterocycles. The van der Waals surface area contributed by atoms with Crippen molar-refractivity contribution in [2.45, 2.75) is 32.1 Å². The van der Waals surface area contributed by atoms with Crippen LogP contribution in [0.2, 0.25) is 0 Å². The third-order valence-electron chi connectivity index (χ3n) is 5.77. The largest absolute Gasteiger partial charge is 0.361 e. The maximum Gasteiger partial charge on any atom is 0.193 e. The molecule has 0 unspecified atom stereocenters. The molecule has 25 heavy (non-hydrogen) atoms. The number of nitrogens with zero attached hydrogens (tertiary/aromatic N) is 2. The number of H-pyrrole nitrogens is 1. The van der Waals surface area contributed by atoms with Crippen LogP contribution in [0.25, 0.3) is 10.9 Å². The van der Waals surface area contributed by atoms with Gasteiger partial charge in [0.25, 0.3) is 0 Å². The highest BCUT2D eigenvalue weighted by atomic mass is 127. The van der Waals surface area contributed by atoms with E-state index in [1.165, 1.54) is 31.7 Å². The van der Waals surface area contributed by atoms with E-state index in [1.807, 2.05) is 13.2 Å². The summed E-state index contributed by atoms with van der Waals surface area (Å²) in [7, 11) is 1.86. The van der Waals surface area contributed by atoms with E-state index in [-0.39, 0.29) is 29.8 Å². The molecule has 1 aromatic heterocycles. The topological polar surface area (TPSA) is 43.4 Å². The number of halogens is 2. The Balaban J connectivity index is 0.00000182. The number of aromatic nitrogens is 1. The normalized spacial score (nSPS) is 19.1. The van der Waals surface area contributed by atoms with Crippen LogP contribution in [0.4, 0.5) is 4.39 Å². The van der Waals surface area contributed by atoms with Gasteiger partial charge in [-0.15, -0.1) is 24.0 Å². The van der Waals surface area contributed by atoms with Gasteiger partial charge in [-0.2, -0.15) is 0 Å². The zero-order chi connectivity index (χ0) is 16.6. The fraction of sp³-hybridized carbons (Fsp3) is 0.526.